The summed E-state index contributed by atoms with van der Waals surface area (Å²) >= 11 is 1.44. The number of aromatic nitrogens is 1. The lowest BCUT2D eigenvalue weighted by Crippen LogP contribution is -2.34. The summed E-state index contributed by atoms with van der Waals surface area (Å²) in [6.07, 6.45) is 0.863. The topological polar surface area (TPSA) is 54.8 Å². The van der Waals surface area contributed by atoms with Gasteiger partial charge in [0, 0.05) is 24.4 Å². The minimum atomic E-state index is -0.313. The second-order valence-corrected chi connectivity index (χ2v) is 5.39. The fourth-order valence-electron chi connectivity index (χ4n) is 2.08. The van der Waals surface area contributed by atoms with E-state index in [0.717, 1.165) is 42.5 Å². The van der Waals surface area contributed by atoms with E-state index in [4.69, 9.17) is 4.74 Å². The Morgan fingerprint density at radius 2 is 2.32 bits per heavy atom. The Hall–Kier alpha value is -1.43. The Labute approximate surface area is 117 Å². The summed E-state index contributed by atoms with van der Waals surface area (Å²) in [5, 5.41) is 0.471. The van der Waals surface area contributed by atoms with E-state index in [2.05, 4.69) is 14.9 Å². The Balaban J connectivity index is 2.13. The van der Waals surface area contributed by atoms with Crippen LogP contribution in [0.15, 0.2) is 4.99 Å². The van der Waals surface area contributed by atoms with Gasteiger partial charge < -0.3 is 9.64 Å². The molecule has 0 fully saturated rings. The number of carbonyl (C=O) groups excluding carboxylic acids is 1. The smallest absolute Gasteiger partial charge is 0.367 e. The highest BCUT2D eigenvalue weighted by Gasteiger charge is 2.23. The number of carbonyl (C=O) groups is 1. The highest BCUT2D eigenvalue weighted by molar-refractivity contribution is 7.13. The monoisotopic (exact) mass is 281 g/mol. The second-order valence-electron chi connectivity index (χ2n) is 4.30. The van der Waals surface area contributed by atoms with Gasteiger partial charge in [-0.15, -0.1) is 11.3 Å². The molecule has 19 heavy (non-hydrogen) atoms. The van der Waals surface area contributed by atoms with Gasteiger partial charge in [0.1, 0.15) is 0 Å². The van der Waals surface area contributed by atoms with Gasteiger partial charge in [0.15, 0.2) is 0 Å². The van der Waals surface area contributed by atoms with Crippen LogP contribution in [0.5, 0.6) is 0 Å². The molecule has 0 N–H and O–H groups in total. The molecule has 0 saturated carbocycles. The first-order valence-corrected chi connectivity index (χ1v) is 7.39. The Morgan fingerprint density at radius 1 is 1.53 bits per heavy atom. The fraction of sp³-hybridized carbons (Fsp3) is 0.615. The highest BCUT2D eigenvalue weighted by atomic mass is 32.1. The predicted octanol–water partition coefficient (Wildman–Crippen LogP) is 2.12. The molecule has 1 aromatic heterocycles. The van der Waals surface area contributed by atoms with Crippen LogP contribution >= 0.6 is 11.3 Å². The number of esters is 1. The molecule has 0 aromatic carbocycles. The molecule has 0 aliphatic carbocycles. The van der Waals surface area contributed by atoms with E-state index in [1.54, 1.807) is 6.92 Å². The van der Waals surface area contributed by atoms with Crippen molar-refractivity contribution in [3.05, 3.63) is 15.6 Å². The second kappa shape index (κ2) is 6.14. The summed E-state index contributed by atoms with van der Waals surface area (Å²) in [5.74, 6) is 0.742. The van der Waals surface area contributed by atoms with Gasteiger partial charge in [0.05, 0.1) is 24.7 Å². The largest absolute Gasteiger partial charge is 0.461 e. The molecule has 0 unspecified atom stereocenters. The predicted molar refractivity (Wildman–Crippen MR) is 75.8 cm³/mol. The standard InChI is InChI=1S/C13H19N3O2S/c1-4-14-9(3)16-7-6-10-11(8-16)19-12(15-10)13(17)18-5-2/h4-8H2,1-3H3. The van der Waals surface area contributed by atoms with Crippen LogP contribution in [0, 0.1) is 0 Å². The van der Waals surface area contributed by atoms with Gasteiger partial charge in [-0.1, -0.05) is 0 Å². The third-order valence-corrected chi connectivity index (χ3v) is 4.09. The average molecular weight is 281 g/mol. The summed E-state index contributed by atoms with van der Waals surface area (Å²) in [5.41, 5.74) is 1.04. The minimum Gasteiger partial charge on any atom is -0.461 e. The van der Waals surface area contributed by atoms with Gasteiger partial charge in [0.2, 0.25) is 5.01 Å². The summed E-state index contributed by atoms with van der Waals surface area (Å²) in [4.78, 5) is 23.9. The fourth-order valence-corrected chi connectivity index (χ4v) is 3.10. The molecule has 5 nitrogen and oxygen atoms in total. The van der Waals surface area contributed by atoms with Crippen LogP contribution in [0.4, 0.5) is 0 Å². The molecule has 1 aliphatic rings. The number of nitrogens with zero attached hydrogens (tertiary/aromatic N) is 3. The van der Waals surface area contributed by atoms with Gasteiger partial charge >= 0.3 is 5.97 Å². The van der Waals surface area contributed by atoms with Gasteiger partial charge in [-0.05, 0) is 20.8 Å². The van der Waals surface area contributed by atoms with Crippen molar-refractivity contribution in [2.75, 3.05) is 19.7 Å². The normalized spacial score (nSPS) is 15.3. The van der Waals surface area contributed by atoms with Crippen molar-refractivity contribution in [2.24, 2.45) is 4.99 Å². The zero-order chi connectivity index (χ0) is 13.8. The summed E-state index contributed by atoms with van der Waals surface area (Å²) in [7, 11) is 0. The van der Waals surface area contributed by atoms with Crippen molar-refractivity contribution in [1.29, 1.82) is 0 Å². The van der Waals surface area contributed by atoms with Gasteiger partial charge in [-0.3, -0.25) is 4.99 Å². The van der Waals surface area contributed by atoms with E-state index in [1.807, 2.05) is 13.8 Å². The molecule has 104 valence electrons. The molecule has 6 heteroatoms. The quantitative estimate of drug-likeness (QED) is 0.484. The maximum Gasteiger partial charge on any atom is 0.367 e. The lowest BCUT2D eigenvalue weighted by molar-refractivity contribution is 0.0525. The molecular formula is C13H19N3O2S. The van der Waals surface area contributed by atoms with E-state index >= 15 is 0 Å². The van der Waals surface area contributed by atoms with E-state index < -0.39 is 0 Å². The Bertz CT molecular complexity index is 496. The summed E-state index contributed by atoms with van der Waals surface area (Å²) in [6.45, 7) is 8.75. The SMILES string of the molecule is CCN=C(C)N1CCc2nc(C(=O)OCC)sc2C1. The highest BCUT2D eigenvalue weighted by Crippen LogP contribution is 2.25. The molecule has 0 amide bonds. The third kappa shape index (κ3) is 3.12. The number of amidine groups is 1. The van der Waals surface area contributed by atoms with E-state index in [1.165, 1.54) is 11.3 Å². The number of thiazole rings is 1. The Morgan fingerprint density at radius 3 is 3.00 bits per heavy atom. The molecule has 2 heterocycles. The third-order valence-electron chi connectivity index (χ3n) is 3.03. The van der Waals surface area contributed by atoms with Gasteiger partial charge in [0.25, 0.3) is 0 Å². The Kier molecular flexibility index (Phi) is 4.52. The molecule has 0 saturated heterocycles. The maximum absolute atomic E-state index is 11.7. The van der Waals surface area contributed by atoms with Crippen molar-refractivity contribution < 1.29 is 9.53 Å². The molecule has 0 atom stereocenters. The van der Waals surface area contributed by atoms with Crippen molar-refractivity contribution in [2.45, 2.75) is 33.7 Å². The van der Waals surface area contributed by atoms with Crippen molar-refractivity contribution in [3.8, 4) is 0 Å². The van der Waals surface area contributed by atoms with Crippen LogP contribution in [0.2, 0.25) is 0 Å². The molecule has 0 spiro atoms. The van der Waals surface area contributed by atoms with E-state index in [-0.39, 0.29) is 5.97 Å². The number of ether oxygens (including phenoxy) is 1. The lowest BCUT2D eigenvalue weighted by Gasteiger charge is -2.27. The lowest BCUT2D eigenvalue weighted by atomic mass is 10.2. The van der Waals surface area contributed by atoms with Gasteiger partial charge in [-0.25, -0.2) is 9.78 Å². The first-order valence-electron chi connectivity index (χ1n) is 6.57. The molecule has 0 bridgehead atoms. The number of rotatable bonds is 3. The van der Waals surface area contributed by atoms with Crippen molar-refractivity contribution in [3.63, 3.8) is 0 Å². The number of hydrogen-bond donors (Lipinski definition) is 0. The van der Waals surface area contributed by atoms with Crippen LogP contribution in [0.3, 0.4) is 0 Å². The van der Waals surface area contributed by atoms with Crippen LogP contribution < -0.4 is 0 Å². The van der Waals surface area contributed by atoms with Gasteiger partial charge in [-0.2, -0.15) is 0 Å². The number of hydrogen-bond acceptors (Lipinski definition) is 5. The van der Waals surface area contributed by atoms with E-state index in [0.29, 0.717) is 11.6 Å². The van der Waals surface area contributed by atoms with E-state index in [9.17, 15) is 4.79 Å². The van der Waals surface area contributed by atoms with Crippen LogP contribution in [-0.2, 0) is 17.7 Å². The average Bonchev–Trinajstić information content (AvgIpc) is 2.82. The first kappa shape index (κ1) is 14.0. The minimum absolute atomic E-state index is 0.313. The number of aliphatic imine (C=N–C) groups is 1. The molecule has 1 aliphatic heterocycles. The molecule has 0 radical (unpaired) electrons. The van der Waals surface area contributed by atoms with Crippen LogP contribution in [0.25, 0.3) is 0 Å². The van der Waals surface area contributed by atoms with Crippen LogP contribution in [-0.4, -0.2) is 41.4 Å². The molecule has 2 rings (SSSR count). The summed E-state index contributed by atoms with van der Waals surface area (Å²) in [6, 6.07) is 0. The summed E-state index contributed by atoms with van der Waals surface area (Å²) < 4.78 is 4.99. The number of fused-ring (bicyclic) bond motifs is 1. The first-order chi connectivity index (χ1) is 9.15. The molecule has 1 aromatic rings. The molecular weight excluding hydrogens is 262 g/mol. The zero-order valence-electron chi connectivity index (χ0n) is 11.6. The zero-order valence-corrected chi connectivity index (χ0v) is 12.4. The van der Waals surface area contributed by atoms with Crippen LogP contribution in [0.1, 0.15) is 41.1 Å². The van der Waals surface area contributed by atoms with Crippen molar-refractivity contribution in [1.82, 2.24) is 9.88 Å². The maximum atomic E-state index is 11.7. The van der Waals surface area contributed by atoms with Crippen molar-refractivity contribution >= 4 is 23.1 Å².